The lowest BCUT2D eigenvalue weighted by atomic mass is 9.77. The summed E-state index contributed by atoms with van der Waals surface area (Å²) >= 11 is 0. The van der Waals surface area contributed by atoms with Crippen LogP contribution in [0.1, 0.15) is 38.5 Å². The van der Waals surface area contributed by atoms with E-state index in [1.807, 2.05) is 0 Å². The maximum Gasteiger partial charge on any atom is 0.153 e. The van der Waals surface area contributed by atoms with Gasteiger partial charge in [-0.15, -0.1) is 0 Å². The SMILES string of the molecule is NC(CN1CCC2(CCCC2)CC1)=NO. The Hall–Kier alpha value is -0.770. The summed E-state index contributed by atoms with van der Waals surface area (Å²) in [7, 11) is 0. The van der Waals surface area contributed by atoms with Crippen molar-refractivity contribution in [2.45, 2.75) is 38.5 Å². The van der Waals surface area contributed by atoms with E-state index in [9.17, 15) is 0 Å². The molecule has 15 heavy (non-hydrogen) atoms. The highest BCUT2D eigenvalue weighted by Crippen LogP contribution is 2.45. The smallest absolute Gasteiger partial charge is 0.153 e. The van der Waals surface area contributed by atoms with E-state index < -0.39 is 0 Å². The van der Waals surface area contributed by atoms with Crippen LogP contribution in [0.3, 0.4) is 0 Å². The highest BCUT2D eigenvalue weighted by molar-refractivity contribution is 5.81. The van der Waals surface area contributed by atoms with Gasteiger partial charge >= 0.3 is 0 Å². The molecule has 1 heterocycles. The Morgan fingerprint density at radius 3 is 2.33 bits per heavy atom. The minimum absolute atomic E-state index is 0.331. The number of nitrogens with zero attached hydrogens (tertiary/aromatic N) is 2. The fourth-order valence-electron chi connectivity index (χ4n) is 3.07. The van der Waals surface area contributed by atoms with Crippen LogP contribution >= 0.6 is 0 Å². The normalized spacial score (nSPS) is 27.3. The molecule has 4 heteroatoms. The van der Waals surface area contributed by atoms with Crippen LogP contribution < -0.4 is 5.73 Å². The summed E-state index contributed by atoms with van der Waals surface area (Å²) < 4.78 is 0. The largest absolute Gasteiger partial charge is 0.409 e. The first-order valence-electron chi connectivity index (χ1n) is 5.93. The second kappa shape index (κ2) is 4.39. The molecule has 1 saturated carbocycles. The molecule has 86 valence electrons. The van der Waals surface area contributed by atoms with Crippen LogP contribution in [0.2, 0.25) is 0 Å². The van der Waals surface area contributed by atoms with E-state index in [4.69, 9.17) is 10.9 Å². The van der Waals surface area contributed by atoms with E-state index in [0.29, 0.717) is 17.8 Å². The van der Waals surface area contributed by atoms with Gasteiger partial charge in [0.2, 0.25) is 0 Å². The number of hydrogen-bond acceptors (Lipinski definition) is 3. The molecule has 0 aromatic heterocycles. The molecule has 0 radical (unpaired) electrons. The third-order valence-corrected chi connectivity index (χ3v) is 4.09. The summed E-state index contributed by atoms with van der Waals surface area (Å²) in [6, 6.07) is 0. The van der Waals surface area contributed by atoms with Crippen LogP contribution in [-0.4, -0.2) is 35.6 Å². The van der Waals surface area contributed by atoms with E-state index in [2.05, 4.69) is 10.1 Å². The average Bonchev–Trinajstić information content (AvgIpc) is 2.70. The van der Waals surface area contributed by atoms with Crippen molar-refractivity contribution in [1.29, 1.82) is 0 Å². The Balaban J connectivity index is 1.81. The number of hydrogen-bond donors (Lipinski definition) is 2. The van der Waals surface area contributed by atoms with Crippen molar-refractivity contribution < 1.29 is 5.21 Å². The quantitative estimate of drug-likeness (QED) is 0.314. The van der Waals surface area contributed by atoms with Gasteiger partial charge in [-0.1, -0.05) is 18.0 Å². The predicted molar refractivity (Wildman–Crippen MR) is 60.0 cm³/mol. The van der Waals surface area contributed by atoms with Crippen LogP contribution in [0.15, 0.2) is 5.16 Å². The zero-order valence-corrected chi connectivity index (χ0v) is 9.28. The summed E-state index contributed by atoms with van der Waals surface area (Å²) in [6.07, 6.45) is 8.27. The molecule has 0 amide bonds. The molecule has 1 spiro atoms. The van der Waals surface area contributed by atoms with Gasteiger partial charge in [0, 0.05) is 0 Å². The maximum atomic E-state index is 8.51. The molecular weight excluding hydrogens is 190 g/mol. The van der Waals surface area contributed by atoms with Crippen LogP contribution in [0.4, 0.5) is 0 Å². The van der Waals surface area contributed by atoms with Crippen molar-refractivity contribution in [3.63, 3.8) is 0 Å². The molecule has 0 aromatic rings. The lowest BCUT2D eigenvalue weighted by Crippen LogP contribution is -2.42. The van der Waals surface area contributed by atoms with Gasteiger partial charge in [-0.2, -0.15) is 0 Å². The third kappa shape index (κ3) is 2.43. The molecular formula is C11H21N3O. The average molecular weight is 211 g/mol. The van der Waals surface area contributed by atoms with E-state index in [-0.39, 0.29) is 0 Å². The van der Waals surface area contributed by atoms with Crippen molar-refractivity contribution in [1.82, 2.24) is 4.90 Å². The van der Waals surface area contributed by atoms with E-state index >= 15 is 0 Å². The molecule has 2 rings (SSSR count). The minimum atomic E-state index is 0.331. The first kappa shape index (κ1) is 10.7. The number of rotatable bonds is 2. The molecule has 0 bridgehead atoms. The molecule has 2 aliphatic rings. The summed E-state index contributed by atoms with van der Waals surface area (Å²) in [6.45, 7) is 2.83. The number of piperidine rings is 1. The minimum Gasteiger partial charge on any atom is -0.409 e. The standard InChI is InChI=1S/C11H21N3O/c12-10(13-15)9-14-7-5-11(6-8-14)3-1-2-4-11/h15H,1-9H2,(H2,12,13). The molecule has 0 atom stereocenters. The molecule has 1 aliphatic heterocycles. The number of likely N-dealkylation sites (tertiary alicyclic amines) is 1. The van der Waals surface area contributed by atoms with Crippen LogP contribution in [0.5, 0.6) is 0 Å². The Bertz CT molecular complexity index is 236. The first-order chi connectivity index (χ1) is 7.24. The zero-order chi connectivity index (χ0) is 10.7. The number of nitrogens with two attached hydrogens (primary N) is 1. The van der Waals surface area contributed by atoms with Crippen molar-refractivity contribution >= 4 is 5.84 Å². The fourth-order valence-corrected chi connectivity index (χ4v) is 3.07. The van der Waals surface area contributed by atoms with Crippen molar-refractivity contribution in [2.75, 3.05) is 19.6 Å². The molecule has 1 saturated heterocycles. The maximum absolute atomic E-state index is 8.51. The van der Waals surface area contributed by atoms with Gasteiger partial charge < -0.3 is 10.9 Å². The zero-order valence-electron chi connectivity index (χ0n) is 9.28. The van der Waals surface area contributed by atoms with Crippen molar-refractivity contribution in [3.8, 4) is 0 Å². The summed E-state index contributed by atoms with van der Waals surface area (Å²) in [5, 5.41) is 11.5. The monoisotopic (exact) mass is 211 g/mol. The van der Waals surface area contributed by atoms with Gasteiger partial charge in [-0.25, -0.2) is 0 Å². The van der Waals surface area contributed by atoms with Crippen LogP contribution in [0.25, 0.3) is 0 Å². The van der Waals surface area contributed by atoms with Gasteiger partial charge in [0.15, 0.2) is 5.84 Å². The Morgan fingerprint density at radius 1 is 1.20 bits per heavy atom. The van der Waals surface area contributed by atoms with Gasteiger partial charge in [0.05, 0.1) is 6.54 Å². The second-order valence-corrected chi connectivity index (χ2v) is 5.07. The number of amidine groups is 1. The van der Waals surface area contributed by atoms with Gasteiger partial charge in [0.1, 0.15) is 0 Å². The Labute approximate surface area is 91.1 Å². The highest BCUT2D eigenvalue weighted by Gasteiger charge is 2.36. The van der Waals surface area contributed by atoms with E-state index in [1.54, 1.807) is 0 Å². The molecule has 2 fully saturated rings. The highest BCUT2D eigenvalue weighted by atomic mass is 16.4. The molecule has 4 nitrogen and oxygen atoms in total. The molecule has 0 aromatic carbocycles. The van der Waals surface area contributed by atoms with Crippen LogP contribution in [0, 0.1) is 5.41 Å². The van der Waals surface area contributed by atoms with Crippen molar-refractivity contribution in [2.24, 2.45) is 16.3 Å². The van der Waals surface area contributed by atoms with Gasteiger partial charge in [-0.05, 0) is 44.2 Å². The Kier molecular flexibility index (Phi) is 3.14. The predicted octanol–water partition coefficient (Wildman–Crippen LogP) is 1.39. The summed E-state index contributed by atoms with van der Waals surface area (Å²) in [5.41, 5.74) is 6.16. The molecule has 0 unspecified atom stereocenters. The van der Waals surface area contributed by atoms with E-state index in [0.717, 1.165) is 13.1 Å². The molecule has 3 N–H and O–H groups in total. The van der Waals surface area contributed by atoms with Gasteiger partial charge in [-0.3, -0.25) is 4.90 Å². The second-order valence-electron chi connectivity index (χ2n) is 5.07. The number of oxime groups is 1. The Morgan fingerprint density at radius 2 is 1.80 bits per heavy atom. The summed E-state index contributed by atoms with van der Waals surface area (Å²) in [5.74, 6) is 0.331. The lowest BCUT2D eigenvalue weighted by Gasteiger charge is -2.39. The summed E-state index contributed by atoms with van der Waals surface area (Å²) in [4.78, 5) is 2.29. The van der Waals surface area contributed by atoms with Gasteiger partial charge in [0.25, 0.3) is 0 Å². The van der Waals surface area contributed by atoms with Crippen LogP contribution in [-0.2, 0) is 0 Å². The lowest BCUT2D eigenvalue weighted by molar-refractivity contribution is 0.119. The first-order valence-corrected chi connectivity index (χ1v) is 5.93. The topological polar surface area (TPSA) is 61.8 Å². The fraction of sp³-hybridized carbons (Fsp3) is 0.909. The third-order valence-electron chi connectivity index (χ3n) is 4.09. The van der Waals surface area contributed by atoms with Crippen molar-refractivity contribution in [3.05, 3.63) is 0 Å². The molecule has 1 aliphatic carbocycles. The van der Waals surface area contributed by atoms with E-state index in [1.165, 1.54) is 38.5 Å².